The second-order valence-electron chi connectivity index (χ2n) is 10.1. The fraction of sp³-hybridized carbons (Fsp3) is 0.250. The Morgan fingerprint density at radius 1 is 0.951 bits per heavy atom. The second-order valence-corrected chi connectivity index (χ2v) is 10.9. The number of rotatable bonds is 8. The summed E-state index contributed by atoms with van der Waals surface area (Å²) in [7, 11) is 1.71. The van der Waals surface area contributed by atoms with E-state index in [9.17, 15) is 4.79 Å². The quantitative estimate of drug-likeness (QED) is 0.188. The molecule has 0 unspecified atom stereocenters. The maximum Gasteiger partial charge on any atom is 0.271 e. The Kier molecular flexibility index (Phi) is 8.98. The van der Waals surface area contributed by atoms with Crippen LogP contribution in [0, 0.1) is 13.8 Å². The largest absolute Gasteiger partial charge is 0.495 e. The van der Waals surface area contributed by atoms with Gasteiger partial charge >= 0.3 is 0 Å². The molecular formula is C32H33Cl2N5O2. The van der Waals surface area contributed by atoms with Gasteiger partial charge in [0.15, 0.2) is 0 Å². The molecule has 0 bridgehead atoms. The molecule has 1 amide bonds. The van der Waals surface area contributed by atoms with E-state index in [2.05, 4.69) is 26.4 Å². The van der Waals surface area contributed by atoms with Gasteiger partial charge in [0.25, 0.3) is 5.91 Å². The van der Waals surface area contributed by atoms with Crippen LogP contribution < -0.4 is 15.1 Å². The van der Waals surface area contributed by atoms with Gasteiger partial charge < -0.3 is 14.2 Å². The Bertz CT molecular complexity index is 1560. The summed E-state index contributed by atoms with van der Waals surface area (Å²) in [6.45, 7) is 8.59. The summed E-state index contributed by atoms with van der Waals surface area (Å²) in [5.74, 6) is 0.648. The van der Waals surface area contributed by atoms with Crippen LogP contribution in [0.25, 0.3) is 5.69 Å². The van der Waals surface area contributed by atoms with Crippen LogP contribution in [-0.4, -0.2) is 54.9 Å². The van der Waals surface area contributed by atoms with E-state index in [0.29, 0.717) is 15.6 Å². The van der Waals surface area contributed by atoms with E-state index in [1.165, 1.54) is 5.56 Å². The summed E-state index contributed by atoms with van der Waals surface area (Å²) in [5.41, 5.74) is 9.11. The highest BCUT2D eigenvalue weighted by molar-refractivity contribution is 6.34. The number of amides is 1. The van der Waals surface area contributed by atoms with Gasteiger partial charge in [-0.25, -0.2) is 5.43 Å². The fourth-order valence-electron chi connectivity index (χ4n) is 5.23. The van der Waals surface area contributed by atoms with Crippen molar-refractivity contribution < 1.29 is 9.53 Å². The van der Waals surface area contributed by atoms with Crippen LogP contribution in [0.15, 0.2) is 77.9 Å². The molecule has 3 aromatic carbocycles. The molecule has 0 atom stereocenters. The van der Waals surface area contributed by atoms with Gasteiger partial charge in [-0.3, -0.25) is 9.69 Å². The monoisotopic (exact) mass is 589 g/mol. The highest BCUT2D eigenvalue weighted by Crippen LogP contribution is 2.29. The van der Waals surface area contributed by atoms with Crippen molar-refractivity contribution in [3.8, 4) is 11.4 Å². The van der Waals surface area contributed by atoms with Gasteiger partial charge in [0.2, 0.25) is 0 Å². The number of halogens is 2. The van der Waals surface area contributed by atoms with Crippen molar-refractivity contribution in [2.45, 2.75) is 20.4 Å². The summed E-state index contributed by atoms with van der Waals surface area (Å²) in [5, 5.41) is 5.42. The van der Waals surface area contributed by atoms with Gasteiger partial charge in [0.1, 0.15) is 5.75 Å². The van der Waals surface area contributed by atoms with Crippen molar-refractivity contribution in [1.82, 2.24) is 14.9 Å². The Hall–Kier alpha value is -3.78. The molecule has 1 fully saturated rings. The lowest BCUT2D eigenvalue weighted by atomic mass is 10.1. The number of piperazine rings is 1. The average molecular weight is 591 g/mol. The highest BCUT2D eigenvalue weighted by Gasteiger charge is 2.20. The summed E-state index contributed by atoms with van der Waals surface area (Å²) >= 11 is 12.6. The standard InChI is InChI=1S/C32H33Cl2N5O2/c1-22-18-26(23(2)39(22)30-19-27(33)12-13-28(30)34)20-35-36-32(40)25-10-8-24(9-11-25)21-37-14-16-38(17-15-37)29-6-4-5-7-31(29)41-3/h4-13,18-20H,14-17,21H2,1-3H3,(H,36,40)/b35-20-. The number of benzene rings is 3. The predicted octanol–water partition coefficient (Wildman–Crippen LogP) is 6.50. The number of hydrogen-bond donors (Lipinski definition) is 1. The van der Waals surface area contributed by atoms with Gasteiger partial charge in [0.05, 0.1) is 29.7 Å². The molecule has 1 saturated heterocycles. The Balaban J connectivity index is 1.15. The Labute approximate surface area is 250 Å². The van der Waals surface area contributed by atoms with E-state index in [1.54, 1.807) is 25.5 Å². The van der Waals surface area contributed by atoms with Crippen LogP contribution in [0.2, 0.25) is 10.0 Å². The van der Waals surface area contributed by atoms with Crippen LogP contribution in [0.3, 0.4) is 0 Å². The number of carbonyl (C=O) groups is 1. The zero-order valence-corrected chi connectivity index (χ0v) is 24.9. The zero-order valence-electron chi connectivity index (χ0n) is 23.4. The maximum atomic E-state index is 12.7. The van der Waals surface area contributed by atoms with Crippen LogP contribution in [0.4, 0.5) is 5.69 Å². The molecule has 1 aromatic heterocycles. The molecule has 4 aromatic rings. The van der Waals surface area contributed by atoms with Crippen molar-refractivity contribution in [1.29, 1.82) is 0 Å². The first-order valence-corrected chi connectivity index (χ1v) is 14.3. The normalized spacial score (nSPS) is 14.0. The lowest BCUT2D eigenvalue weighted by Crippen LogP contribution is -2.46. The lowest BCUT2D eigenvalue weighted by Gasteiger charge is -2.36. The highest BCUT2D eigenvalue weighted by atomic mass is 35.5. The molecule has 7 nitrogen and oxygen atoms in total. The Morgan fingerprint density at radius 3 is 2.41 bits per heavy atom. The van der Waals surface area contributed by atoms with Crippen LogP contribution in [0.5, 0.6) is 5.75 Å². The number of hydrogen-bond acceptors (Lipinski definition) is 5. The minimum Gasteiger partial charge on any atom is -0.495 e. The van der Waals surface area contributed by atoms with Crippen LogP contribution in [-0.2, 0) is 6.54 Å². The third-order valence-electron chi connectivity index (χ3n) is 7.41. The van der Waals surface area contributed by atoms with Crippen molar-refractivity contribution in [2.75, 3.05) is 38.2 Å². The molecule has 1 aliphatic rings. The van der Waals surface area contributed by atoms with E-state index in [4.69, 9.17) is 27.9 Å². The number of aryl methyl sites for hydroxylation is 1. The summed E-state index contributed by atoms with van der Waals surface area (Å²) in [6, 6.07) is 23.2. The smallest absolute Gasteiger partial charge is 0.271 e. The van der Waals surface area contributed by atoms with Crippen LogP contribution >= 0.6 is 23.2 Å². The van der Waals surface area contributed by atoms with E-state index in [0.717, 1.165) is 66.8 Å². The molecule has 1 N–H and O–H groups in total. The van der Waals surface area contributed by atoms with Gasteiger partial charge in [0, 0.05) is 60.3 Å². The number of nitrogens with zero attached hydrogens (tertiary/aromatic N) is 4. The van der Waals surface area contributed by atoms with Crippen molar-refractivity contribution in [3.63, 3.8) is 0 Å². The first-order valence-electron chi connectivity index (χ1n) is 13.5. The van der Waals surface area contributed by atoms with Gasteiger partial charge in [-0.15, -0.1) is 0 Å². The number of anilines is 1. The molecule has 0 saturated carbocycles. The minimum atomic E-state index is -0.259. The molecule has 2 heterocycles. The summed E-state index contributed by atoms with van der Waals surface area (Å²) in [4.78, 5) is 17.5. The van der Waals surface area contributed by atoms with Crippen molar-refractivity contribution >= 4 is 41.0 Å². The van der Waals surface area contributed by atoms with E-state index < -0.39 is 0 Å². The van der Waals surface area contributed by atoms with Crippen molar-refractivity contribution in [2.24, 2.45) is 5.10 Å². The number of nitrogens with one attached hydrogen (secondary N) is 1. The first kappa shape index (κ1) is 28.7. The van der Waals surface area contributed by atoms with Crippen LogP contribution in [0.1, 0.15) is 32.9 Å². The molecular weight excluding hydrogens is 557 g/mol. The SMILES string of the molecule is COc1ccccc1N1CCN(Cc2ccc(C(=O)N/N=C\c3cc(C)n(-c4cc(Cl)ccc4Cl)c3C)cc2)CC1. The third kappa shape index (κ3) is 6.59. The number of carbonyl (C=O) groups excluding carboxylic acids is 1. The summed E-state index contributed by atoms with van der Waals surface area (Å²) in [6.07, 6.45) is 1.65. The Morgan fingerprint density at radius 2 is 1.68 bits per heavy atom. The number of ether oxygens (including phenoxy) is 1. The molecule has 0 aliphatic carbocycles. The average Bonchev–Trinajstić information content (AvgIpc) is 3.27. The number of methoxy groups -OCH3 is 1. The maximum absolute atomic E-state index is 12.7. The third-order valence-corrected chi connectivity index (χ3v) is 7.96. The predicted molar refractivity (Wildman–Crippen MR) is 167 cm³/mol. The lowest BCUT2D eigenvalue weighted by molar-refractivity contribution is 0.0955. The molecule has 41 heavy (non-hydrogen) atoms. The fourth-order valence-corrected chi connectivity index (χ4v) is 5.60. The van der Waals surface area contributed by atoms with E-state index in [-0.39, 0.29) is 5.91 Å². The summed E-state index contributed by atoms with van der Waals surface area (Å²) < 4.78 is 7.55. The zero-order chi connectivity index (χ0) is 28.9. The molecule has 1 aliphatic heterocycles. The number of hydrazone groups is 1. The number of para-hydroxylation sites is 2. The topological polar surface area (TPSA) is 62.1 Å². The molecule has 0 spiro atoms. The van der Waals surface area contributed by atoms with Gasteiger partial charge in [-0.1, -0.05) is 47.5 Å². The van der Waals surface area contributed by atoms with Crippen molar-refractivity contribution in [3.05, 3.63) is 111 Å². The van der Waals surface area contributed by atoms with E-state index >= 15 is 0 Å². The van der Waals surface area contributed by atoms with Gasteiger partial charge in [-0.2, -0.15) is 5.10 Å². The minimum absolute atomic E-state index is 0.259. The first-order chi connectivity index (χ1) is 19.8. The number of aromatic nitrogens is 1. The molecule has 0 radical (unpaired) electrons. The molecule has 9 heteroatoms. The van der Waals surface area contributed by atoms with Gasteiger partial charge in [-0.05, 0) is 67.9 Å². The second kappa shape index (κ2) is 12.8. The molecule has 5 rings (SSSR count). The molecule has 212 valence electrons. The van der Waals surface area contributed by atoms with E-state index in [1.807, 2.05) is 73.0 Å².